The van der Waals surface area contributed by atoms with Crippen LogP contribution in [0.4, 0.5) is 0 Å². The molecule has 0 spiro atoms. The Kier molecular flexibility index (Phi) is 18.2. The third-order valence-electron chi connectivity index (χ3n) is 7.75. The van der Waals surface area contributed by atoms with Crippen LogP contribution in [-0.2, 0) is 49.6 Å². The number of hydrogen-bond acceptors (Lipinski definition) is 11. The van der Waals surface area contributed by atoms with E-state index in [-0.39, 0.29) is 0 Å². The van der Waals surface area contributed by atoms with Crippen molar-refractivity contribution in [2.75, 3.05) is 13.2 Å². The first-order valence-corrected chi connectivity index (χ1v) is 47.8. The molecule has 0 amide bonds. The molecule has 2 fully saturated rings. The number of hydrogen-bond donors (Lipinski definition) is 0. The molecular weight excluding hydrogens is 833 g/mol. The molecule has 19 heteroatoms. The fourth-order valence-electron chi connectivity index (χ4n) is 6.26. The largest absolute Gasteiger partial charge is 0.415 e. The maximum absolute atomic E-state index is 7.53. The van der Waals surface area contributed by atoms with E-state index in [9.17, 15) is 0 Å². The monoisotopic (exact) mass is 918 g/mol. The molecule has 2 heterocycles. The van der Waals surface area contributed by atoms with E-state index < -0.39 is 128 Å². The highest BCUT2D eigenvalue weighted by molar-refractivity contribution is 6.72. The molecule has 2 rings (SSSR count). The Morgan fingerprint density at radius 3 is 0.891 bits per heavy atom. The van der Waals surface area contributed by atoms with Gasteiger partial charge in [-0.15, -0.1) is 0 Å². The Labute approximate surface area is 346 Å². The van der Waals surface area contributed by atoms with Gasteiger partial charge >= 0.3 is 0 Å². The zero-order valence-corrected chi connectivity index (χ0v) is 47.7. The van der Waals surface area contributed by atoms with E-state index in [0.29, 0.717) is 13.2 Å². The van der Waals surface area contributed by atoms with E-state index in [4.69, 9.17) is 49.6 Å². The lowest BCUT2D eigenvalue weighted by atomic mass is 9.97. The van der Waals surface area contributed by atoms with Crippen molar-refractivity contribution < 1.29 is 49.6 Å². The third kappa shape index (κ3) is 20.6. The van der Waals surface area contributed by atoms with Crippen molar-refractivity contribution in [3.8, 4) is 0 Å². The SMILES string of the molecule is C[Si](C)(C)OC[C@@H]1O[C@@H](O[C@@H]2[C@@H](O[Si](C)(C)C)[C@H](CO[Si](C)(C)C)OC(O[Si](C)(C)C)[C@H]2O[Si](C)(C)C)[C@@H](O[Si](C)(C)C)[C@H](O[Si](C)(C)C)[C@H]1O[Si](C)(C)C. The van der Waals surface area contributed by atoms with Crippen LogP contribution in [0, 0.1) is 0 Å². The summed E-state index contributed by atoms with van der Waals surface area (Å²) in [5.41, 5.74) is 0. The van der Waals surface area contributed by atoms with Gasteiger partial charge in [-0.2, -0.15) is 0 Å². The zero-order chi connectivity index (χ0) is 43.0. The van der Waals surface area contributed by atoms with Crippen molar-refractivity contribution in [2.24, 2.45) is 0 Å². The fraction of sp³-hybridized carbons (Fsp3) is 1.00. The molecule has 0 aromatic carbocycles. The Balaban J connectivity index is 2.95. The second-order valence-electron chi connectivity index (χ2n) is 23.2. The highest BCUT2D eigenvalue weighted by Crippen LogP contribution is 2.39. The Bertz CT molecular complexity index is 1180. The molecule has 0 radical (unpaired) electrons. The van der Waals surface area contributed by atoms with Gasteiger partial charge in [-0.25, -0.2) is 0 Å². The molecule has 0 aromatic heterocycles. The van der Waals surface area contributed by atoms with E-state index in [0.717, 1.165) is 0 Å². The molecule has 55 heavy (non-hydrogen) atoms. The van der Waals surface area contributed by atoms with Gasteiger partial charge in [-0.05, 0) is 157 Å². The average molecular weight is 920 g/mol. The topological polar surface area (TPSA) is 102 Å². The van der Waals surface area contributed by atoms with Crippen molar-refractivity contribution in [2.45, 2.75) is 219 Å². The van der Waals surface area contributed by atoms with Crippen LogP contribution in [0.15, 0.2) is 0 Å². The Hall–Kier alpha value is 1.30. The van der Waals surface area contributed by atoms with Gasteiger partial charge in [0.05, 0.1) is 13.2 Å². The molecule has 1 unspecified atom stereocenters. The Morgan fingerprint density at radius 2 is 0.564 bits per heavy atom. The molecule has 0 bridgehead atoms. The summed E-state index contributed by atoms with van der Waals surface area (Å²) >= 11 is 0. The number of ether oxygens (including phenoxy) is 3. The number of rotatable bonds is 20. The highest BCUT2D eigenvalue weighted by Gasteiger charge is 2.57. The summed E-state index contributed by atoms with van der Waals surface area (Å²) in [5.74, 6) is 0. The molecule has 11 nitrogen and oxygen atoms in total. The lowest BCUT2D eigenvalue weighted by Gasteiger charge is -2.54. The van der Waals surface area contributed by atoms with Crippen molar-refractivity contribution >= 4 is 66.5 Å². The standard InChI is InChI=1S/C36H86O11Si8/c1-48(2,3)37-25-27-29(42-50(7,8)9)31(33(45-53(16,17)18)36(40-27)47-55(22,23)24)41-35-34(46-54(19,20)21)32(44-52(13,14)15)30(43-51(10,11)12)28(39-35)26-38-49(4,5)6/h27-36H,25-26H2,1-24H3/t27-,28-,29-,30-,31+,32+,33-,34-,35-,36?/m0/s1. The Morgan fingerprint density at radius 1 is 0.291 bits per heavy atom. The maximum atomic E-state index is 7.53. The van der Waals surface area contributed by atoms with Gasteiger partial charge in [-0.1, -0.05) is 0 Å². The first-order chi connectivity index (χ1) is 24.2. The van der Waals surface area contributed by atoms with Crippen molar-refractivity contribution in [1.29, 1.82) is 0 Å². The van der Waals surface area contributed by atoms with Gasteiger partial charge in [0.1, 0.15) is 48.8 Å². The second-order valence-corrected chi connectivity index (χ2v) is 59.0. The molecular formula is C36H86O11Si8. The van der Waals surface area contributed by atoms with E-state index >= 15 is 0 Å². The molecule has 0 saturated carbocycles. The molecule has 0 N–H and O–H groups in total. The summed E-state index contributed by atoms with van der Waals surface area (Å²) in [7, 11) is -17.0. The highest BCUT2D eigenvalue weighted by atomic mass is 28.4. The molecule has 2 saturated heterocycles. The van der Waals surface area contributed by atoms with Gasteiger partial charge in [0.15, 0.2) is 79.1 Å². The quantitative estimate of drug-likeness (QED) is 0.109. The second kappa shape index (κ2) is 19.1. The van der Waals surface area contributed by atoms with E-state index in [1.165, 1.54) is 0 Å². The van der Waals surface area contributed by atoms with Gasteiger partial charge < -0.3 is 49.6 Å². The minimum absolute atomic E-state index is 0.358. The third-order valence-corrected chi connectivity index (χ3v) is 15.7. The average Bonchev–Trinajstić information content (AvgIpc) is 2.87. The van der Waals surface area contributed by atoms with Crippen LogP contribution in [-0.4, -0.2) is 141 Å². The van der Waals surface area contributed by atoms with Crippen LogP contribution in [0.2, 0.25) is 157 Å². The summed E-state index contributed by atoms with van der Waals surface area (Å²) in [6.45, 7) is 53.5. The predicted octanol–water partition coefficient (Wildman–Crippen LogP) is 9.48. The van der Waals surface area contributed by atoms with E-state index in [1.807, 2.05) is 0 Å². The van der Waals surface area contributed by atoms with Gasteiger partial charge in [0, 0.05) is 0 Å². The lowest BCUT2D eigenvalue weighted by molar-refractivity contribution is -0.344. The maximum Gasteiger partial charge on any atom is 0.187 e. The molecule has 328 valence electrons. The van der Waals surface area contributed by atoms with Crippen LogP contribution >= 0.6 is 0 Å². The zero-order valence-electron chi connectivity index (χ0n) is 39.7. The minimum atomic E-state index is -2.23. The summed E-state index contributed by atoms with van der Waals surface area (Å²) in [4.78, 5) is 0. The smallest absolute Gasteiger partial charge is 0.187 e. The predicted molar refractivity (Wildman–Crippen MR) is 246 cm³/mol. The van der Waals surface area contributed by atoms with Crippen LogP contribution in [0.25, 0.3) is 0 Å². The summed E-state index contributed by atoms with van der Waals surface area (Å²) in [5, 5.41) is 0. The van der Waals surface area contributed by atoms with Crippen molar-refractivity contribution in [1.82, 2.24) is 0 Å². The van der Waals surface area contributed by atoms with E-state index in [1.54, 1.807) is 0 Å². The van der Waals surface area contributed by atoms with Gasteiger partial charge in [0.25, 0.3) is 0 Å². The van der Waals surface area contributed by atoms with Gasteiger partial charge in [-0.3, -0.25) is 0 Å². The van der Waals surface area contributed by atoms with E-state index in [2.05, 4.69) is 157 Å². The van der Waals surface area contributed by atoms with Crippen LogP contribution < -0.4 is 0 Å². The van der Waals surface area contributed by atoms with Crippen LogP contribution in [0.1, 0.15) is 0 Å². The molecule has 10 atom stereocenters. The van der Waals surface area contributed by atoms with Gasteiger partial charge in [0.2, 0.25) is 0 Å². The normalized spacial score (nSPS) is 31.2. The molecule has 2 aliphatic heterocycles. The van der Waals surface area contributed by atoms with Crippen LogP contribution in [0.5, 0.6) is 0 Å². The summed E-state index contributed by atoms with van der Waals surface area (Å²) in [6.07, 6.45) is -5.66. The minimum Gasteiger partial charge on any atom is -0.415 e. The van der Waals surface area contributed by atoms with Crippen molar-refractivity contribution in [3.05, 3.63) is 0 Å². The molecule has 0 aromatic rings. The molecule has 2 aliphatic rings. The molecule has 0 aliphatic carbocycles. The summed E-state index contributed by atoms with van der Waals surface area (Å²) in [6, 6.07) is 0. The van der Waals surface area contributed by atoms with Crippen LogP contribution in [0.3, 0.4) is 0 Å². The lowest BCUT2D eigenvalue weighted by Crippen LogP contribution is -2.70. The first kappa shape index (κ1) is 52.4. The first-order valence-electron chi connectivity index (χ1n) is 20.5. The fourth-order valence-corrected chi connectivity index (χ4v) is 13.9. The summed E-state index contributed by atoms with van der Waals surface area (Å²) < 4.78 is 77.5. The van der Waals surface area contributed by atoms with Crippen molar-refractivity contribution in [3.63, 3.8) is 0 Å².